The van der Waals surface area contributed by atoms with E-state index in [1.807, 2.05) is 24.3 Å². The molecule has 0 spiro atoms. The van der Waals surface area contributed by atoms with Gasteiger partial charge in [-0.05, 0) is 70.7 Å². The third-order valence-corrected chi connectivity index (χ3v) is 11.5. The SMILES string of the molecule is CC(C)(CC(O)(Cc1cc2ccncc2[nH]1)C(F)(F)F)c1cccc(C=O)c1.CC(C)(CC(O)(Cc1cc2ccncc2[nH]1)C(F)(F)F)c1cccc(CN2CCOCC2)c1. The van der Waals surface area contributed by atoms with Gasteiger partial charge in [-0.3, -0.25) is 19.7 Å². The molecule has 326 valence electrons. The van der Waals surface area contributed by atoms with Crippen LogP contribution in [0.25, 0.3) is 21.8 Å². The Morgan fingerprint density at radius 2 is 1.16 bits per heavy atom. The van der Waals surface area contributed by atoms with Crippen molar-refractivity contribution < 1.29 is 46.1 Å². The molecule has 2 atom stereocenters. The monoisotopic (exact) mass is 851 g/mol. The number of hydrogen-bond acceptors (Lipinski definition) is 7. The zero-order valence-corrected chi connectivity index (χ0v) is 34.5. The number of benzene rings is 2. The predicted molar refractivity (Wildman–Crippen MR) is 221 cm³/mol. The summed E-state index contributed by atoms with van der Waals surface area (Å²) in [6, 6.07) is 20.7. The van der Waals surface area contributed by atoms with Crippen LogP contribution in [0.1, 0.15) is 79.0 Å². The topological polar surface area (TPSA) is 127 Å². The average molecular weight is 852 g/mol. The molecule has 61 heavy (non-hydrogen) atoms. The fourth-order valence-electron chi connectivity index (χ4n) is 8.22. The third-order valence-electron chi connectivity index (χ3n) is 11.5. The summed E-state index contributed by atoms with van der Waals surface area (Å²) in [7, 11) is 0. The molecule has 0 saturated carbocycles. The summed E-state index contributed by atoms with van der Waals surface area (Å²) in [6.07, 6.45) is -4.92. The number of fused-ring (bicyclic) bond motifs is 2. The molecular formula is C46H51F6N5O4. The molecule has 5 heterocycles. The number of halogens is 6. The second-order valence-corrected chi connectivity index (χ2v) is 17.4. The third kappa shape index (κ3) is 10.9. The Kier molecular flexibility index (Phi) is 13.2. The number of rotatable bonds is 13. The number of carbonyl (C=O) groups excluding carboxylic acids is 1. The van der Waals surface area contributed by atoms with Crippen molar-refractivity contribution in [3.05, 3.63) is 131 Å². The van der Waals surface area contributed by atoms with Crippen molar-refractivity contribution in [2.24, 2.45) is 0 Å². The van der Waals surface area contributed by atoms with E-state index in [1.165, 1.54) is 6.20 Å². The summed E-state index contributed by atoms with van der Waals surface area (Å²) in [4.78, 5) is 27.1. The van der Waals surface area contributed by atoms with E-state index < -0.39 is 60.1 Å². The van der Waals surface area contributed by atoms with Gasteiger partial charge in [0.25, 0.3) is 0 Å². The number of nitrogens with one attached hydrogen (secondary N) is 2. The normalized spacial score (nSPS) is 16.5. The molecule has 2 aromatic carbocycles. The van der Waals surface area contributed by atoms with Gasteiger partial charge in [0, 0.05) is 72.6 Å². The van der Waals surface area contributed by atoms with E-state index in [2.05, 4.69) is 24.8 Å². The van der Waals surface area contributed by atoms with E-state index >= 15 is 0 Å². The van der Waals surface area contributed by atoms with Gasteiger partial charge in [-0.15, -0.1) is 0 Å². The van der Waals surface area contributed by atoms with E-state index in [0.717, 1.165) is 41.5 Å². The highest BCUT2D eigenvalue weighted by molar-refractivity contribution is 5.80. The van der Waals surface area contributed by atoms with Gasteiger partial charge >= 0.3 is 12.4 Å². The first kappa shape index (κ1) is 45.4. The molecule has 0 amide bonds. The van der Waals surface area contributed by atoms with Gasteiger partial charge in [-0.2, -0.15) is 26.3 Å². The van der Waals surface area contributed by atoms with Crippen molar-refractivity contribution in [2.75, 3.05) is 26.3 Å². The van der Waals surface area contributed by atoms with Crippen LogP contribution in [0.5, 0.6) is 0 Å². The Hall–Kier alpha value is -5.09. The Morgan fingerprint density at radius 3 is 1.62 bits per heavy atom. The summed E-state index contributed by atoms with van der Waals surface area (Å²) in [5.74, 6) is 0. The fourth-order valence-corrected chi connectivity index (χ4v) is 8.22. The summed E-state index contributed by atoms with van der Waals surface area (Å²) < 4.78 is 89.7. The van der Waals surface area contributed by atoms with Crippen LogP contribution in [0, 0.1) is 0 Å². The lowest BCUT2D eigenvalue weighted by molar-refractivity contribution is -0.266. The summed E-state index contributed by atoms with van der Waals surface area (Å²) in [5, 5.41) is 23.2. The van der Waals surface area contributed by atoms with Crippen molar-refractivity contribution in [2.45, 2.75) is 94.3 Å². The number of hydrogen-bond donors (Lipinski definition) is 4. The second kappa shape index (κ2) is 17.7. The number of aldehydes is 1. The molecule has 1 saturated heterocycles. The Morgan fingerprint density at radius 1 is 0.689 bits per heavy atom. The van der Waals surface area contributed by atoms with Gasteiger partial charge in [0.15, 0.2) is 11.2 Å². The first-order chi connectivity index (χ1) is 28.6. The Balaban J connectivity index is 0.000000207. The highest BCUT2D eigenvalue weighted by Crippen LogP contribution is 2.45. The minimum absolute atomic E-state index is 0.278. The minimum atomic E-state index is -4.83. The molecule has 1 fully saturated rings. The Labute approximate surface area is 350 Å². The molecule has 4 aromatic heterocycles. The molecule has 9 nitrogen and oxygen atoms in total. The number of alkyl halides is 6. The maximum absolute atomic E-state index is 14.2. The summed E-state index contributed by atoms with van der Waals surface area (Å²) in [5.41, 5.74) is -3.13. The van der Waals surface area contributed by atoms with Crippen LogP contribution in [0.3, 0.4) is 0 Å². The zero-order chi connectivity index (χ0) is 44.3. The minimum Gasteiger partial charge on any atom is -0.380 e. The maximum Gasteiger partial charge on any atom is 0.417 e. The number of nitrogens with zero attached hydrogens (tertiary/aromatic N) is 3. The van der Waals surface area contributed by atoms with E-state index in [-0.39, 0.29) is 5.69 Å². The molecule has 1 aliphatic heterocycles. The number of morpholine rings is 1. The molecular weight excluding hydrogens is 801 g/mol. The van der Waals surface area contributed by atoms with E-state index in [0.29, 0.717) is 47.4 Å². The lowest BCUT2D eigenvalue weighted by atomic mass is 9.73. The van der Waals surface area contributed by atoms with Crippen LogP contribution in [-0.4, -0.2) is 91.2 Å². The van der Waals surface area contributed by atoms with Crippen molar-refractivity contribution in [3.63, 3.8) is 0 Å². The summed E-state index contributed by atoms with van der Waals surface area (Å²) >= 11 is 0. The van der Waals surface area contributed by atoms with Gasteiger partial charge in [0.05, 0.1) is 36.6 Å². The smallest absolute Gasteiger partial charge is 0.380 e. The standard InChI is InChI=1S/C25H30F3N3O2.C21H21F3N2O2/c1-23(2,20-5-3-4-18(12-20)16-31-8-10-33-11-9-31)17-24(32,25(26,27)28)14-21-13-19-6-7-29-15-22(19)30-21;1-19(2,16-5-3-4-14(8-16)12-27)13-20(28,21(22,23)24)10-17-9-15-6-7-25-11-18(15)26-17/h3-7,12-13,15,30,32H,8-11,14,16-17H2,1-2H3;3-9,11-12,26,28H,10,13H2,1-2H3. The van der Waals surface area contributed by atoms with Crippen molar-refractivity contribution in [1.82, 2.24) is 24.8 Å². The lowest BCUT2D eigenvalue weighted by Gasteiger charge is -2.38. The van der Waals surface area contributed by atoms with Gasteiger partial charge in [0.2, 0.25) is 0 Å². The quantitative estimate of drug-likeness (QED) is 0.0675. The Bertz CT molecular complexity index is 2350. The number of pyridine rings is 2. The molecule has 4 N–H and O–H groups in total. The van der Waals surface area contributed by atoms with Crippen molar-refractivity contribution in [1.29, 1.82) is 0 Å². The second-order valence-electron chi connectivity index (χ2n) is 17.4. The van der Waals surface area contributed by atoms with Gasteiger partial charge in [-0.1, -0.05) is 70.2 Å². The number of aromatic amines is 2. The predicted octanol–water partition coefficient (Wildman–Crippen LogP) is 9.18. The number of aliphatic hydroxyl groups is 2. The van der Waals surface area contributed by atoms with E-state index in [1.54, 1.807) is 94.8 Å². The van der Waals surface area contributed by atoms with Crippen LogP contribution >= 0.6 is 0 Å². The summed E-state index contributed by atoms with van der Waals surface area (Å²) in [6.45, 7) is 10.5. The van der Waals surface area contributed by atoms with Crippen molar-refractivity contribution >= 4 is 28.1 Å². The highest BCUT2D eigenvalue weighted by atomic mass is 19.4. The highest BCUT2D eigenvalue weighted by Gasteiger charge is 2.57. The van der Waals surface area contributed by atoms with E-state index in [9.17, 15) is 41.4 Å². The van der Waals surface area contributed by atoms with Crippen LogP contribution in [0.4, 0.5) is 26.3 Å². The number of ether oxygens (including phenoxy) is 1. The maximum atomic E-state index is 14.2. The lowest BCUT2D eigenvalue weighted by Crippen LogP contribution is -2.50. The van der Waals surface area contributed by atoms with Gasteiger partial charge in [0.1, 0.15) is 6.29 Å². The van der Waals surface area contributed by atoms with Crippen LogP contribution < -0.4 is 0 Å². The molecule has 15 heteroatoms. The zero-order valence-electron chi connectivity index (χ0n) is 34.5. The molecule has 0 bridgehead atoms. The number of aromatic nitrogens is 4. The van der Waals surface area contributed by atoms with Crippen LogP contribution in [0.2, 0.25) is 0 Å². The molecule has 2 unspecified atom stereocenters. The number of carbonyl (C=O) groups is 1. The molecule has 0 radical (unpaired) electrons. The van der Waals surface area contributed by atoms with Crippen LogP contribution in [0.15, 0.2) is 97.6 Å². The molecule has 6 aromatic rings. The average Bonchev–Trinajstić information content (AvgIpc) is 3.80. The largest absolute Gasteiger partial charge is 0.417 e. The first-order valence-electron chi connectivity index (χ1n) is 20.0. The van der Waals surface area contributed by atoms with Gasteiger partial charge < -0.3 is 24.9 Å². The van der Waals surface area contributed by atoms with Gasteiger partial charge in [-0.25, -0.2) is 0 Å². The molecule has 7 rings (SSSR count). The molecule has 0 aliphatic carbocycles. The van der Waals surface area contributed by atoms with Crippen molar-refractivity contribution in [3.8, 4) is 0 Å². The fraction of sp³-hybridized carbons (Fsp3) is 0.413. The first-order valence-corrected chi connectivity index (χ1v) is 20.0. The van der Waals surface area contributed by atoms with Crippen LogP contribution in [-0.2, 0) is 35.0 Å². The number of H-pyrrole nitrogens is 2. The van der Waals surface area contributed by atoms with E-state index in [4.69, 9.17) is 4.74 Å². The molecule has 1 aliphatic rings.